The molecule has 2 saturated heterocycles. The predicted molar refractivity (Wildman–Crippen MR) is 117 cm³/mol. The van der Waals surface area contributed by atoms with Crippen molar-refractivity contribution in [3.63, 3.8) is 0 Å². The van der Waals surface area contributed by atoms with Crippen molar-refractivity contribution in [1.82, 2.24) is 15.1 Å². The third kappa shape index (κ3) is 5.53. The van der Waals surface area contributed by atoms with Gasteiger partial charge in [-0.3, -0.25) is 14.4 Å². The largest absolute Gasteiger partial charge is 0.490 e. The molecule has 0 bridgehead atoms. The molecule has 0 saturated carbocycles. The van der Waals surface area contributed by atoms with Gasteiger partial charge in [-0.05, 0) is 48.9 Å². The van der Waals surface area contributed by atoms with Gasteiger partial charge in [-0.1, -0.05) is 12.1 Å². The lowest BCUT2D eigenvalue weighted by atomic mass is 9.78. The van der Waals surface area contributed by atoms with E-state index in [0.717, 1.165) is 19.3 Å². The number of nitrogens with zero attached hydrogens (tertiary/aromatic N) is 2. The molecule has 0 atom stereocenters. The van der Waals surface area contributed by atoms with E-state index in [9.17, 15) is 18.8 Å². The number of piperidine rings is 1. The maximum atomic E-state index is 13.6. The monoisotopic (exact) mass is 457 g/mol. The summed E-state index contributed by atoms with van der Waals surface area (Å²) in [5.41, 5.74) is 0.0241. The zero-order chi connectivity index (χ0) is 23.3. The Bertz CT molecular complexity index is 986. The van der Waals surface area contributed by atoms with Crippen LogP contribution in [0, 0.1) is 11.2 Å². The van der Waals surface area contributed by atoms with Gasteiger partial charge in [-0.25, -0.2) is 4.39 Å². The number of nitrogens with one attached hydrogen (secondary N) is 1. The van der Waals surface area contributed by atoms with Crippen molar-refractivity contribution >= 4 is 17.7 Å². The number of para-hydroxylation sites is 1. The van der Waals surface area contributed by atoms with E-state index in [1.807, 2.05) is 4.90 Å². The first-order valence-corrected chi connectivity index (χ1v) is 11.2. The number of likely N-dealkylation sites (tertiary alicyclic amines) is 2. The van der Waals surface area contributed by atoms with Crippen molar-refractivity contribution in [3.8, 4) is 5.75 Å². The smallest absolute Gasteiger partial charge is 0.287 e. The summed E-state index contributed by atoms with van der Waals surface area (Å²) >= 11 is 0. The number of carbonyl (C=O) groups excluding carboxylic acids is 3. The molecule has 1 aromatic heterocycles. The Hall–Kier alpha value is -3.36. The Morgan fingerprint density at radius 2 is 1.73 bits per heavy atom. The summed E-state index contributed by atoms with van der Waals surface area (Å²) in [6, 6.07) is 9.31. The highest BCUT2D eigenvalue weighted by molar-refractivity contribution is 5.94. The van der Waals surface area contributed by atoms with E-state index < -0.39 is 11.7 Å². The van der Waals surface area contributed by atoms with Crippen LogP contribution in [0.3, 0.4) is 0 Å². The molecular weight excluding hydrogens is 429 g/mol. The summed E-state index contributed by atoms with van der Waals surface area (Å²) < 4.78 is 24.1. The van der Waals surface area contributed by atoms with Crippen LogP contribution in [-0.4, -0.2) is 66.9 Å². The van der Waals surface area contributed by atoms with E-state index in [-0.39, 0.29) is 48.3 Å². The second-order valence-electron chi connectivity index (χ2n) is 8.63. The van der Waals surface area contributed by atoms with Crippen LogP contribution in [0.15, 0.2) is 47.1 Å². The number of ether oxygens (including phenoxy) is 1. The highest BCUT2D eigenvalue weighted by atomic mass is 19.1. The van der Waals surface area contributed by atoms with Crippen LogP contribution in [0.4, 0.5) is 4.39 Å². The van der Waals surface area contributed by atoms with Crippen molar-refractivity contribution in [1.29, 1.82) is 0 Å². The molecule has 9 heteroatoms. The standard InChI is InChI=1S/C24H28FN3O5/c25-18-4-1-2-5-19(18)33-15-7-21(29)28-13-10-24(17-28)8-11-27(12-9-24)22(30)16-26-23(31)20-6-3-14-32-20/h1-6,14H,7-13,15-17H2,(H,26,31). The molecule has 4 rings (SSSR count). The Labute approximate surface area is 191 Å². The zero-order valence-electron chi connectivity index (χ0n) is 18.4. The first-order chi connectivity index (χ1) is 16.0. The van der Waals surface area contributed by atoms with Gasteiger partial charge in [0.05, 0.1) is 25.8 Å². The summed E-state index contributed by atoms with van der Waals surface area (Å²) in [4.78, 5) is 40.6. The minimum Gasteiger partial charge on any atom is -0.490 e. The average Bonchev–Trinajstić information content (AvgIpc) is 3.50. The minimum absolute atomic E-state index is 0.00218. The SMILES string of the molecule is O=C(NCC(=O)N1CCC2(CC1)CCN(C(=O)CCOc1ccccc1F)C2)c1ccco1. The molecule has 8 nitrogen and oxygen atoms in total. The normalized spacial score (nSPS) is 17.2. The molecule has 176 valence electrons. The van der Waals surface area contributed by atoms with Gasteiger partial charge in [0.1, 0.15) is 0 Å². The number of halogens is 1. The molecule has 1 aromatic carbocycles. The molecule has 0 aliphatic carbocycles. The minimum atomic E-state index is -0.438. The third-order valence-electron chi connectivity index (χ3n) is 6.52. The van der Waals surface area contributed by atoms with E-state index in [0.29, 0.717) is 26.2 Å². The molecule has 0 unspecified atom stereocenters. The molecule has 1 spiro atoms. The van der Waals surface area contributed by atoms with E-state index in [1.54, 1.807) is 35.2 Å². The van der Waals surface area contributed by atoms with Crippen molar-refractivity contribution in [2.45, 2.75) is 25.7 Å². The molecule has 0 radical (unpaired) electrons. The topological polar surface area (TPSA) is 92.1 Å². The summed E-state index contributed by atoms with van der Waals surface area (Å²) in [6.07, 6.45) is 4.15. The number of amides is 3. The summed E-state index contributed by atoms with van der Waals surface area (Å²) in [7, 11) is 0. The number of carbonyl (C=O) groups is 3. The number of hydrogen-bond donors (Lipinski definition) is 1. The van der Waals surface area contributed by atoms with Gasteiger partial charge in [-0.15, -0.1) is 0 Å². The van der Waals surface area contributed by atoms with Gasteiger partial charge in [0.25, 0.3) is 5.91 Å². The second-order valence-corrected chi connectivity index (χ2v) is 8.63. The van der Waals surface area contributed by atoms with Crippen LogP contribution in [0.5, 0.6) is 5.75 Å². The predicted octanol–water partition coefficient (Wildman–Crippen LogP) is 2.46. The van der Waals surface area contributed by atoms with E-state index in [4.69, 9.17) is 9.15 Å². The molecule has 3 heterocycles. The van der Waals surface area contributed by atoms with Crippen LogP contribution in [0.25, 0.3) is 0 Å². The van der Waals surface area contributed by atoms with Crippen LogP contribution in [0.2, 0.25) is 0 Å². The lowest BCUT2D eigenvalue weighted by Gasteiger charge is -2.39. The highest BCUT2D eigenvalue weighted by Crippen LogP contribution is 2.40. The van der Waals surface area contributed by atoms with Gasteiger partial charge in [0.2, 0.25) is 11.8 Å². The molecule has 33 heavy (non-hydrogen) atoms. The van der Waals surface area contributed by atoms with Crippen molar-refractivity contribution < 1.29 is 27.9 Å². The quantitative estimate of drug-likeness (QED) is 0.690. The highest BCUT2D eigenvalue weighted by Gasteiger charge is 2.42. The fourth-order valence-electron chi connectivity index (χ4n) is 4.52. The first kappa shape index (κ1) is 22.8. The Kier molecular flexibility index (Phi) is 6.96. The summed E-state index contributed by atoms with van der Waals surface area (Å²) in [6.45, 7) is 2.63. The number of benzene rings is 1. The lowest BCUT2D eigenvalue weighted by molar-refractivity contribution is -0.134. The first-order valence-electron chi connectivity index (χ1n) is 11.2. The fraction of sp³-hybridized carbons (Fsp3) is 0.458. The van der Waals surface area contributed by atoms with E-state index >= 15 is 0 Å². The lowest BCUT2D eigenvalue weighted by Crippen LogP contribution is -2.47. The van der Waals surface area contributed by atoms with Gasteiger partial charge in [0.15, 0.2) is 17.3 Å². The summed E-state index contributed by atoms with van der Waals surface area (Å²) in [5.74, 6) is -0.642. The number of rotatable bonds is 7. The van der Waals surface area contributed by atoms with Crippen LogP contribution in [0.1, 0.15) is 36.2 Å². The molecule has 2 aliphatic rings. The second kappa shape index (κ2) is 10.1. The number of hydrogen-bond acceptors (Lipinski definition) is 5. The van der Waals surface area contributed by atoms with Crippen molar-refractivity contribution in [3.05, 3.63) is 54.2 Å². The zero-order valence-corrected chi connectivity index (χ0v) is 18.4. The Balaban J connectivity index is 1.18. The van der Waals surface area contributed by atoms with Crippen LogP contribution in [-0.2, 0) is 9.59 Å². The third-order valence-corrected chi connectivity index (χ3v) is 6.52. The summed E-state index contributed by atoms with van der Waals surface area (Å²) in [5, 5.41) is 2.59. The Morgan fingerprint density at radius 1 is 1.00 bits per heavy atom. The van der Waals surface area contributed by atoms with Gasteiger partial charge in [0, 0.05) is 26.2 Å². The van der Waals surface area contributed by atoms with Gasteiger partial charge >= 0.3 is 0 Å². The van der Waals surface area contributed by atoms with Gasteiger partial charge in [-0.2, -0.15) is 0 Å². The average molecular weight is 458 g/mol. The van der Waals surface area contributed by atoms with Crippen molar-refractivity contribution in [2.24, 2.45) is 5.41 Å². The maximum absolute atomic E-state index is 13.6. The fourth-order valence-corrected chi connectivity index (χ4v) is 4.52. The van der Waals surface area contributed by atoms with Crippen LogP contribution < -0.4 is 10.1 Å². The van der Waals surface area contributed by atoms with Crippen LogP contribution >= 0.6 is 0 Å². The number of furan rings is 1. The molecule has 2 aliphatic heterocycles. The molecule has 2 aromatic rings. The molecule has 1 N–H and O–H groups in total. The molecule has 3 amide bonds. The molecule has 2 fully saturated rings. The van der Waals surface area contributed by atoms with Crippen molar-refractivity contribution in [2.75, 3.05) is 39.3 Å². The molecular formula is C24H28FN3O5. The maximum Gasteiger partial charge on any atom is 0.287 e. The van der Waals surface area contributed by atoms with E-state index in [2.05, 4.69) is 5.32 Å². The van der Waals surface area contributed by atoms with E-state index in [1.165, 1.54) is 12.3 Å². The van der Waals surface area contributed by atoms with Gasteiger partial charge < -0.3 is 24.3 Å². The Morgan fingerprint density at radius 3 is 2.42 bits per heavy atom.